The van der Waals surface area contributed by atoms with Gasteiger partial charge in [0.05, 0.1) is 13.2 Å². The summed E-state index contributed by atoms with van der Waals surface area (Å²) in [6.07, 6.45) is 1.98. The van der Waals surface area contributed by atoms with Gasteiger partial charge in [-0.05, 0) is 42.7 Å². The summed E-state index contributed by atoms with van der Waals surface area (Å²) >= 11 is 1.86. The highest BCUT2D eigenvalue weighted by molar-refractivity contribution is 7.11. The van der Waals surface area contributed by atoms with Crippen LogP contribution in [0.5, 0.6) is 5.75 Å². The standard InChI is InChI=1S/C16H22N2OS/c1-4-13-7-8-14(20-13)10-15(18-17)12-6-5-11(2)16(9-12)19-3/h5-9,15,18H,4,10,17H2,1-3H3. The zero-order chi connectivity index (χ0) is 14.5. The zero-order valence-corrected chi connectivity index (χ0v) is 13.1. The number of nitrogens with two attached hydrogens (primary N) is 1. The summed E-state index contributed by atoms with van der Waals surface area (Å²) < 4.78 is 5.39. The summed E-state index contributed by atoms with van der Waals surface area (Å²) in [5.41, 5.74) is 5.21. The highest BCUT2D eigenvalue weighted by Gasteiger charge is 2.13. The van der Waals surface area contributed by atoms with Crippen molar-refractivity contribution >= 4 is 11.3 Å². The number of hydrogen-bond acceptors (Lipinski definition) is 4. The molecule has 1 aromatic carbocycles. The molecule has 4 heteroatoms. The summed E-state index contributed by atoms with van der Waals surface area (Å²) in [5.74, 6) is 6.64. The lowest BCUT2D eigenvalue weighted by Gasteiger charge is -2.17. The minimum Gasteiger partial charge on any atom is -0.496 e. The maximum absolute atomic E-state index is 5.74. The van der Waals surface area contributed by atoms with Crippen LogP contribution in [0.1, 0.15) is 33.8 Å². The fraction of sp³-hybridized carbons (Fsp3) is 0.375. The third kappa shape index (κ3) is 3.39. The largest absolute Gasteiger partial charge is 0.496 e. The van der Waals surface area contributed by atoms with E-state index >= 15 is 0 Å². The van der Waals surface area contributed by atoms with E-state index in [9.17, 15) is 0 Å². The molecule has 108 valence electrons. The molecular weight excluding hydrogens is 268 g/mol. The molecule has 0 saturated carbocycles. The second kappa shape index (κ2) is 6.88. The lowest BCUT2D eigenvalue weighted by molar-refractivity contribution is 0.410. The van der Waals surface area contributed by atoms with Gasteiger partial charge >= 0.3 is 0 Å². The molecule has 3 nitrogen and oxygen atoms in total. The molecule has 0 fully saturated rings. The van der Waals surface area contributed by atoms with Crippen molar-refractivity contribution in [1.29, 1.82) is 0 Å². The molecule has 0 aliphatic rings. The number of hydrogen-bond donors (Lipinski definition) is 2. The highest BCUT2D eigenvalue weighted by atomic mass is 32.1. The Labute approximate surface area is 124 Å². The Morgan fingerprint density at radius 2 is 2.00 bits per heavy atom. The highest BCUT2D eigenvalue weighted by Crippen LogP contribution is 2.27. The molecule has 0 bridgehead atoms. The summed E-state index contributed by atoms with van der Waals surface area (Å²) in [6.45, 7) is 4.22. The van der Waals surface area contributed by atoms with Crippen molar-refractivity contribution in [2.45, 2.75) is 32.7 Å². The van der Waals surface area contributed by atoms with Crippen LogP contribution in [0.2, 0.25) is 0 Å². The summed E-state index contributed by atoms with van der Waals surface area (Å²) in [6, 6.07) is 10.7. The molecule has 2 rings (SSSR count). The van der Waals surface area contributed by atoms with Gasteiger partial charge in [-0.15, -0.1) is 11.3 Å². The van der Waals surface area contributed by atoms with Gasteiger partial charge in [0.15, 0.2) is 0 Å². The van der Waals surface area contributed by atoms with Gasteiger partial charge in [0.2, 0.25) is 0 Å². The van der Waals surface area contributed by atoms with Gasteiger partial charge in [0, 0.05) is 16.2 Å². The minimum absolute atomic E-state index is 0.104. The number of benzene rings is 1. The van der Waals surface area contributed by atoms with Crippen LogP contribution < -0.4 is 16.0 Å². The number of hydrazine groups is 1. The molecule has 1 unspecified atom stereocenters. The van der Waals surface area contributed by atoms with Gasteiger partial charge in [-0.3, -0.25) is 11.3 Å². The van der Waals surface area contributed by atoms with E-state index in [1.54, 1.807) is 7.11 Å². The maximum Gasteiger partial charge on any atom is 0.122 e. The monoisotopic (exact) mass is 290 g/mol. The Bertz CT molecular complexity index is 565. The molecular formula is C16H22N2OS. The molecule has 0 radical (unpaired) electrons. The normalized spacial score (nSPS) is 12.4. The van der Waals surface area contributed by atoms with Crippen LogP contribution >= 0.6 is 11.3 Å². The number of rotatable bonds is 6. The molecule has 3 N–H and O–H groups in total. The smallest absolute Gasteiger partial charge is 0.122 e. The van der Waals surface area contributed by atoms with Gasteiger partial charge in [-0.1, -0.05) is 19.1 Å². The second-order valence-electron chi connectivity index (χ2n) is 4.87. The summed E-state index contributed by atoms with van der Waals surface area (Å²) in [5, 5.41) is 0. The van der Waals surface area contributed by atoms with Crippen molar-refractivity contribution in [3.63, 3.8) is 0 Å². The van der Waals surface area contributed by atoms with E-state index in [4.69, 9.17) is 10.6 Å². The quantitative estimate of drug-likeness (QED) is 0.633. The third-order valence-electron chi connectivity index (χ3n) is 3.51. The van der Waals surface area contributed by atoms with E-state index in [2.05, 4.69) is 42.7 Å². The predicted molar refractivity (Wildman–Crippen MR) is 85.2 cm³/mol. The van der Waals surface area contributed by atoms with Crippen molar-refractivity contribution < 1.29 is 4.74 Å². The van der Waals surface area contributed by atoms with Gasteiger partial charge < -0.3 is 4.74 Å². The number of ether oxygens (including phenoxy) is 1. The van der Waals surface area contributed by atoms with Crippen molar-refractivity contribution in [3.05, 3.63) is 51.2 Å². The lowest BCUT2D eigenvalue weighted by atomic mass is 10.0. The Balaban J connectivity index is 2.19. The van der Waals surface area contributed by atoms with Crippen LogP contribution in [-0.4, -0.2) is 7.11 Å². The molecule has 0 saturated heterocycles. The first-order valence-electron chi connectivity index (χ1n) is 6.86. The molecule has 20 heavy (non-hydrogen) atoms. The number of thiophene rings is 1. The molecule has 0 aliphatic heterocycles. The predicted octanol–water partition coefficient (Wildman–Crippen LogP) is 3.37. The second-order valence-corrected chi connectivity index (χ2v) is 6.13. The lowest BCUT2D eigenvalue weighted by Crippen LogP contribution is -2.29. The van der Waals surface area contributed by atoms with Crippen LogP contribution in [0.4, 0.5) is 0 Å². The first kappa shape index (κ1) is 15.0. The van der Waals surface area contributed by atoms with Crippen molar-refractivity contribution in [3.8, 4) is 5.75 Å². The van der Waals surface area contributed by atoms with Crippen molar-refractivity contribution in [1.82, 2.24) is 5.43 Å². The van der Waals surface area contributed by atoms with E-state index in [0.717, 1.165) is 29.7 Å². The SMILES string of the molecule is CCc1ccc(CC(NN)c2ccc(C)c(OC)c2)s1. The van der Waals surface area contributed by atoms with E-state index < -0.39 is 0 Å². The number of aryl methyl sites for hydroxylation is 2. The van der Waals surface area contributed by atoms with Crippen LogP contribution in [0.3, 0.4) is 0 Å². The Hall–Kier alpha value is -1.36. The van der Waals surface area contributed by atoms with Crippen LogP contribution in [0, 0.1) is 6.92 Å². The first-order chi connectivity index (χ1) is 9.67. The molecule has 0 amide bonds. The molecule has 1 heterocycles. The van der Waals surface area contributed by atoms with Crippen LogP contribution in [0.25, 0.3) is 0 Å². The van der Waals surface area contributed by atoms with Gasteiger partial charge in [0.1, 0.15) is 5.75 Å². The van der Waals surface area contributed by atoms with E-state index in [-0.39, 0.29) is 6.04 Å². The van der Waals surface area contributed by atoms with E-state index in [1.165, 1.54) is 9.75 Å². The zero-order valence-electron chi connectivity index (χ0n) is 12.3. The fourth-order valence-corrected chi connectivity index (χ4v) is 3.25. The fourth-order valence-electron chi connectivity index (χ4n) is 2.25. The Morgan fingerprint density at radius 3 is 2.60 bits per heavy atom. The van der Waals surface area contributed by atoms with Gasteiger partial charge in [0.25, 0.3) is 0 Å². The minimum atomic E-state index is 0.104. The number of methoxy groups -OCH3 is 1. The molecule has 0 aliphatic carbocycles. The first-order valence-corrected chi connectivity index (χ1v) is 7.67. The molecule has 0 spiro atoms. The van der Waals surface area contributed by atoms with E-state index in [0.29, 0.717) is 0 Å². The maximum atomic E-state index is 5.74. The average molecular weight is 290 g/mol. The third-order valence-corrected chi connectivity index (χ3v) is 4.76. The molecule has 1 atom stereocenters. The molecule has 1 aromatic heterocycles. The topological polar surface area (TPSA) is 47.3 Å². The summed E-state index contributed by atoms with van der Waals surface area (Å²) in [7, 11) is 1.70. The number of nitrogens with one attached hydrogen (secondary N) is 1. The van der Waals surface area contributed by atoms with Crippen LogP contribution in [0.15, 0.2) is 30.3 Å². The van der Waals surface area contributed by atoms with Gasteiger partial charge in [-0.2, -0.15) is 0 Å². The Kier molecular flexibility index (Phi) is 5.17. The Morgan fingerprint density at radius 1 is 1.25 bits per heavy atom. The summed E-state index contributed by atoms with van der Waals surface area (Å²) in [4.78, 5) is 2.77. The van der Waals surface area contributed by atoms with Crippen LogP contribution in [-0.2, 0) is 12.8 Å². The average Bonchev–Trinajstić information content (AvgIpc) is 2.93. The van der Waals surface area contributed by atoms with Crippen molar-refractivity contribution in [2.24, 2.45) is 5.84 Å². The molecule has 2 aromatic rings. The van der Waals surface area contributed by atoms with Crippen molar-refractivity contribution in [2.75, 3.05) is 7.11 Å². The van der Waals surface area contributed by atoms with E-state index in [1.807, 2.05) is 18.3 Å². The van der Waals surface area contributed by atoms with Gasteiger partial charge in [-0.25, -0.2) is 0 Å².